The molecule has 1 aromatic carbocycles. The predicted molar refractivity (Wildman–Crippen MR) is 180 cm³/mol. The Kier molecular flexibility index (Phi) is 7.71. The number of rotatable bonds is 1. The molecule has 5 fully saturated rings. The largest absolute Gasteiger partial charge is 0.377 e. The highest BCUT2D eigenvalue weighted by Gasteiger charge is 2.62. The number of hydrogen-bond acceptors (Lipinski definition) is 2. The van der Waals surface area contributed by atoms with Gasteiger partial charge in [-0.2, -0.15) is 0 Å². The molecule has 5 saturated carbocycles. The normalized spacial score (nSPS) is 46.6. The molecule has 0 spiro atoms. The Balaban J connectivity index is 0.000000143. The molecule has 2 heteroatoms. The van der Waals surface area contributed by atoms with Crippen LogP contribution >= 0.6 is 0 Å². The van der Waals surface area contributed by atoms with Gasteiger partial charge in [-0.05, 0) is 161 Å². The van der Waals surface area contributed by atoms with E-state index in [0.717, 1.165) is 62.7 Å². The van der Waals surface area contributed by atoms with Crippen molar-refractivity contribution < 1.29 is 10.2 Å². The third kappa shape index (κ3) is 4.37. The quantitative estimate of drug-likeness (QED) is 0.253. The van der Waals surface area contributed by atoms with Gasteiger partial charge in [-0.1, -0.05) is 62.5 Å². The fourth-order valence-electron chi connectivity index (χ4n) is 12.7. The van der Waals surface area contributed by atoms with Crippen LogP contribution in [0.15, 0.2) is 29.8 Å². The highest BCUT2D eigenvalue weighted by molar-refractivity contribution is 5.39. The number of benzene rings is 1. The summed E-state index contributed by atoms with van der Waals surface area (Å²) in [5.74, 6) is 10.7. The van der Waals surface area contributed by atoms with Crippen LogP contribution in [0.4, 0.5) is 0 Å². The zero-order chi connectivity index (χ0) is 30.9. The van der Waals surface area contributed by atoms with E-state index < -0.39 is 11.2 Å². The zero-order valence-corrected chi connectivity index (χ0v) is 27.7. The second-order valence-electron chi connectivity index (χ2n) is 16.6. The van der Waals surface area contributed by atoms with Gasteiger partial charge in [-0.15, -0.1) is 12.8 Å². The summed E-state index contributed by atoms with van der Waals surface area (Å²) in [5.41, 5.74) is 4.58. The minimum atomic E-state index is -0.880. The van der Waals surface area contributed by atoms with E-state index in [1.54, 1.807) is 16.7 Å². The summed E-state index contributed by atoms with van der Waals surface area (Å²) in [5, 5.41) is 21.9. The molecule has 0 saturated heterocycles. The lowest BCUT2D eigenvalue weighted by Crippen LogP contribution is -2.52. The average molecular weight is 593 g/mol. The van der Waals surface area contributed by atoms with E-state index in [0.29, 0.717) is 23.7 Å². The van der Waals surface area contributed by atoms with Gasteiger partial charge < -0.3 is 10.2 Å². The Morgan fingerprint density at radius 2 is 1.41 bits per heavy atom. The third-order valence-corrected chi connectivity index (χ3v) is 15.4. The maximum Gasteiger partial charge on any atom is 0.130 e. The minimum Gasteiger partial charge on any atom is -0.377 e. The van der Waals surface area contributed by atoms with Gasteiger partial charge in [-0.3, -0.25) is 0 Å². The molecule has 44 heavy (non-hydrogen) atoms. The van der Waals surface area contributed by atoms with E-state index in [1.807, 2.05) is 0 Å². The number of terminal acetylenes is 2. The Morgan fingerprint density at radius 3 is 2.09 bits per heavy atom. The topological polar surface area (TPSA) is 40.5 Å². The summed E-state index contributed by atoms with van der Waals surface area (Å²) < 4.78 is 0. The molecule has 0 radical (unpaired) electrons. The van der Waals surface area contributed by atoms with Crippen LogP contribution in [0.3, 0.4) is 0 Å². The zero-order valence-electron chi connectivity index (χ0n) is 27.7. The van der Waals surface area contributed by atoms with Crippen LogP contribution < -0.4 is 0 Å². The summed E-state index contributed by atoms with van der Waals surface area (Å²) in [6.07, 6.45) is 32.9. The van der Waals surface area contributed by atoms with Crippen molar-refractivity contribution in [2.24, 2.45) is 46.3 Å². The molecule has 0 unspecified atom stereocenters. The van der Waals surface area contributed by atoms with E-state index in [1.165, 1.54) is 63.4 Å². The van der Waals surface area contributed by atoms with E-state index >= 15 is 0 Å². The second-order valence-corrected chi connectivity index (χ2v) is 16.6. The summed E-state index contributed by atoms with van der Waals surface area (Å²) in [4.78, 5) is 0. The summed E-state index contributed by atoms with van der Waals surface area (Å²) in [6.45, 7) is 6.78. The second kappa shape index (κ2) is 11.1. The van der Waals surface area contributed by atoms with Gasteiger partial charge in [0.2, 0.25) is 0 Å². The molecule has 7 aliphatic rings. The van der Waals surface area contributed by atoms with Crippen molar-refractivity contribution in [3.05, 3.63) is 46.5 Å². The molecule has 0 bridgehead atoms. The highest BCUT2D eigenvalue weighted by atomic mass is 16.3. The van der Waals surface area contributed by atoms with Crippen LogP contribution in [0.2, 0.25) is 0 Å². The Morgan fingerprint density at radius 1 is 0.750 bits per heavy atom. The average Bonchev–Trinajstić information content (AvgIpc) is 3.50. The molecular weight excluding hydrogens is 536 g/mol. The van der Waals surface area contributed by atoms with Gasteiger partial charge in [0.25, 0.3) is 0 Å². The Hall–Kier alpha value is -2.00. The van der Waals surface area contributed by atoms with Gasteiger partial charge >= 0.3 is 0 Å². The van der Waals surface area contributed by atoms with Crippen LogP contribution in [0, 0.1) is 71.0 Å². The molecule has 0 heterocycles. The summed E-state index contributed by atoms with van der Waals surface area (Å²) in [7, 11) is 0. The van der Waals surface area contributed by atoms with Crippen LogP contribution in [0.25, 0.3) is 0 Å². The molecule has 0 amide bonds. The molecule has 1 aromatic rings. The number of fused-ring (bicyclic) bond motifs is 10. The monoisotopic (exact) mass is 592 g/mol. The first kappa shape index (κ1) is 30.6. The van der Waals surface area contributed by atoms with Gasteiger partial charge in [0.15, 0.2) is 0 Å². The van der Waals surface area contributed by atoms with Crippen LogP contribution in [0.5, 0.6) is 0 Å². The van der Waals surface area contributed by atoms with E-state index in [4.69, 9.17) is 12.8 Å². The maximum atomic E-state index is 11.0. The lowest BCUT2D eigenvalue weighted by molar-refractivity contribution is -0.0857. The molecular formula is C42H56O2. The number of hydrogen-bond donors (Lipinski definition) is 2. The molecule has 8 rings (SSSR count). The number of aliphatic hydroxyl groups is 2. The fourth-order valence-corrected chi connectivity index (χ4v) is 12.7. The summed E-state index contributed by atoms with van der Waals surface area (Å²) >= 11 is 0. The molecule has 7 aliphatic carbocycles. The minimum absolute atomic E-state index is 0.0290. The first-order valence-electron chi connectivity index (χ1n) is 18.3. The SMILES string of the molecule is C#C[C@]1(O)CC[C@H]2[C@@H]3CCC4=CCCC[C@@H]4[C@H]3CC[C@@]21C.C#C[C@]1(O)CC[C@H]2[C@@H]3CCc4cc(CC)ccc4[C@H]3CC[C@@]21C. The third-order valence-electron chi connectivity index (χ3n) is 15.4. The van der Waals surface area contributed by atoms with Crippen molar-refractivity contribution in [2.45, 2.75) is 141 Å². The first-order chi connectivity index (χ1) is 21.1. The van der Waals surface area contributed by atoms with Crippen molar-refractivity contribution in [3.63, 3.8) is 0 Å². The first-order valence-corrected chi connectivity index (χ1v) is 18.3. The van der Waals surface area contributed by atoms with Gasteiger partial charge in [-0.25, -0.2) is 0 Å². The fraction of sp³-hybridized carbons (Fsp3) is 0.714. The molecule has 2 nitrogen and oxygen atoms in total. The van der Waals surface area contributed by atoms with E-state index in [-0.39, 0.29) is 10.8 Å². The summed E-state index contributed by atoms with van der Waals surface area (Å²) in [6, 6.07) is 7.16. The Bertz CT molecular complexity index is 1390. The van der Waals surface area contributed by atoms with Crippen LogP contribution in [-0.4, -0.2) is 21.4 Å². The number of allylic oxidation sites excluding steroid dienone is 2. The predicted octanol–water partition coefficient (Wildman–Crippen LogP) is 8.78. The van der Waals surface area contributed by atoms with Crippen molar-refractivity contribution in [1.82, 2.24) is 0 Å². The van der Waals surface area contributed by atoms with Crippen LogP contribution in [0.1, 0.15) is 133 Å². The van der Waals surface area contributed by atoms with E-state index in [9.17, 15) is 10.2 Å². The van der Waals surface area contributed by atoms with Crippen molar-refractivity contribution in [1.29, 1.82) is 0 Å². The molecule has 0 aromatic heterocycles. The molecule has 236 valence electrons. The van der Waals surface area contributed by atoms with Gasteiger partial charge in [0, 0.05) is 10.8 Å². The molecule has 11 atom stereocenters. The highest BCUT2D eigenvalue weighted by Crippen LogP contribution is 2.66. The van der Waals surface area contributed by atoms with Crippen molar-refractivity contribution in [3.8, 4) is 24.7 Å². The lowest BCUT2D eigenvalue weighted by Gasteiger charge is -2.54. The van der Waals surface area contributed by atoms with Gasteiger partial charge in [0.05, 0.1) is 0 Å². The smallest absolute Gasteiger partial charge is 0.130 e. The lowest BCUT2D eigenvalue weighted by atomic mass is 9.50. The van der Waals surface area contributed by atoms with Crippen molar-refractivity contribution in [2.75, 3.05) is 0 Å². The van der Waals surface area contributed by atoms with Crippen molar-refractivity contribution >= 4 is 0 Å². The van der Waals surface area contributed by atoms with Crippen LogP contribution in [-0.2, 0) is 12.8 Å². The Labute approximate surface area is 267 Å². The standard InChI is InChI=1S/C22H28O.C20H28O/c1-4-15-6-8-17-16(14-15)7-9-19-18(17)10-12-21(3)20(19)11-13-22(21,23)5-2;1-3-20(21)13-11-18-17-9-8-14-6-4-5-7-15(14)16(17)10-12-19(18,20)2/h2,6,8,14,18-20,23H,4,7,9-13H2,1,3H3;1,6,15-18,21H,4-5,7-13H2,2H3/t18-,19-,20+,21+,22+;15-,16+,17+,18-,19-,20-/m10/s1. The molecule has 2 N–H and O–H groups in total. The van der Waals surface area contributed by atoms with Gasteiger partial charge in [0.1, 0.15) is 11.2 Å². The maximum absolute atomic E-state index is 11.0. The van der Waals surface area contributed by atoms with E-state index in [2.05, 4.69) is 56.9 Å². The molecule has 0 aliphatic heterocycles. The number of aryl methyl sites for hydroxylation is 2.